The minimum Gasteiger partial charge on any atom is -0.465 e. The normalized spacial score (nSPS) is 24.6. The monoisotopic (exact) mass is 304 g/mol. The van der Waals surface area contributed by atoms with E-state index in [9.17, 15) is 4.79 Å². The number of benzene rings is 1. The van der Waals surface area contributed by atoms with Gasteiger partial charge in [-0.3, -0.25) is 4.79 Å². The third-order valence-electron chi connectivity index (χ3n) is 4.39. The average Bonchev–Trinajstić information content (AvgIpc) is 2.90. The zero-order valence-electron chi connectivity index (χ0n) is 14.0. The second kappa shape index (κ2) is 7.77. The molecule has 0 bridgehead atoms. The van der Waals surface area contributed by atoms with Gasteiger partial charge in [0.05, 0.1) is 18.1 Å². The van der Waals surface area contributed by atoms with E-state index in [0.717, 1.165) is 19.3 Å². The Kier molecular flexibility index (Phi) is 6.01. The minimum atomic E-state index is -0.522. The number of carbonyl (C=O) groups excluding carboxylic acids is 1. The van der Waals surface area contributed by atoms with E-state index in [1.807, 2.05) is 25.1 Å². The van der Waals surface area contributed by atoms with Gasteiger partial charge in [-0.25, -0.2) is 0 Å². The molecule has 0 heterocycles. The van der Waals surface area contributed by atoms with Crippen LogP contribution in [0.1, 0.15) is 45.6 Å². The van der Waals surface area contributed by atoms with Crippen LogP contribution in [0, 0.1) is 11.3 Å². The molecular weight excluding hydrogens is 276 g/mol. The van der Waals surface area contributed by atoms with Crippen molar-refractivity contribution in [3.63, 3.8) is 0 Å². The molecule has 0 aromatic heterocycles. The van der Waals surface area contributed by atoms with Crippen molar-refractivity contribution >= 4 is 5.97 Å². The summed E-state index contributed by atoms with van der Waals surface area (Å²) < 4.78 is 11.5. The highest BCUT2D eigenvalue weighted by Gasteiger charge is 2.50. The van der Waals surface area contributed by atoms with E-state index in [1.165, 1.54) is 5.56 Å². The summed E-state index contributed by atoms with van der Waals surface area (Å²) in [6, 6.07) is 10.2. The largest absolute Gasteiger partial charge is 0.465 e. The van der Waals surface area contributed by atoms with Gasteiger partial charge in [-0.1, -0.05) is 44.2 Å². The first-order valence-electron chi connectivity index (χ1n) is 8.41. The molecule has 2 unspecified atom stereocenters. The Labute approximate surface area is 134 Å². The average molecular weight is 304 g/mol. The molecule has 0 spiro atoms. The van der Waals surface area contributed by atoms with E-state index in [4.69, 9.17) is 9.47 Å². The highest BCUT2D eigenvalue weighted by molar-refractivity contribution is 5.78. The molecule has 22 heavy (non-hydrogen) atoms. The maximum Gasteiger partial charge on any atom is 0.315 e. The van der Waals surface area contributed by atoms with Crippen LogP contribution in [0.5, 0.6) is 0 Å². The maximum absolute atomic E-state index is 12.9. The summed E-state index contributed by atoms with van der Waals surface area (Å²) in [6.07, 6.45) is 3.49. The van der Waals surface area contributed by atoms with Crippen molar-refractivity contribution in [2.24, 2.45) is 11.3 Å². The molecule has 0 amide bonds. The molecule has 1 aromatic carbocycles. The van der Waals surface area contributed by atoms with Crippen LogP contribution >= 0.6 is 0 Å². The lowest BCUT2D eigenvalue weighted by atomic mass is 9.78. The Balaban J connectivity index is 2.21. The van der Waals surface area contributed by atoms with E-state index >= 15 is 0 Å². The Hall–Kier alpha value is -1.35. The Morgan fingerprint density at radius 2 is 2.05 bits per heavy atom. The van der Waals surface area contributed by atoms with Crippen LogP contribution in [0.4, 0.5) is 0 Å². The number of ether oxygens (including phenoxy) is 2. The molecular formula is C19H28O3. The van der Waals surface area contributed by atoms with Gasteiger partial charge >= 0.3 is 5.97 Å². The number of esters is 1. The summed E-state index contributed by atoms with van der Waals surface area (Å²) in [6.45, 7) is 7.23. The lowest BCUT2D eigenvalue weighted by Gasteiger charge is -2.33. The summed E-state index contributed by atoms with van der Waals surface area (Å²) in [5, 5.41) is 0. The van der Waals surface area contributed by atoms with E-state index in [2.05, 4.69) is 26.0 Å². The van der Waals surface area contributed by atoms with Crippen LogP contribution in [0.15, 0.2) is 30.3 Å². The van der Waals surface area contributed by atoms with Crippen molar-refractivity contribution in [3.05, 3.63) is 35.9 Å². The Morgan fingerprint density at radius 1 is 1.32 bits per heavy atom. The van der Waals surface area contributed by atoms with E-state index in [-0.39, 0.29) is 12.1 Å². The first-order chi connectivity index (χ1) is 10.6. The molecule has 3 heteroatoms. The van der Waals surface area contributed by atoms with E-state index in [0.29, 0.717) is 25.6 Å². The summed E-state index contributed by atoms with van der Waals surface area (Å²) >= 11 is 0. The first-order valence-corrected chi connectivity index (χ1v) is 8.41. The van der Waals surface area contributed by atoms with Gasteiger partial charge in [0.1, 0.15) is 0 Å². The molecule has 1 aromatic rings. The summed E-state index contributed by atoms with van der Waals surface area (Å²) in [4.78, 5) is 12.9. The molecule has 0 saturated heterocycles. The van der Waals surface area contributed by atoms with Crippen molar-refractivity contribution in [3.8, 4) is 0 Å². The molecule has 1 aliphatic rings. The van der Waals surface area contributed by atoms with Crippen molar-refractivity contribution in [2.75, 3.05) is 13.2 Å². The van der Waals surface area contributed by atoms with Gasteiger partial charge < -0.3 is 9.47 Å². The summed E-state index contributed by atoms with van der Waals surface area (Å²) in [5.41, 5.74) is 0.655. The highest BCUT2D eigenvalue weighted by Crippen LogP contribution is 2.44. The van der Waals surface area contributed by atoms with Crippen LogP contribution in [-0.2, 0) is 20.7 Å². The second-order valence-electron chi connectivity index (χ2n) is 6.65. The Morgan fingerprint density at radius 3 is 2.68 bits per heavy atom. The third kappa shape index (κ3) is 3.89. The molecule has 3 nitrogen and oxygen atoms in total. The summed E-state index contributed by atoms with van der Waals surface area (Å²) in [7, 11) is 0. The molecule has 0 radical (unpaired) electrons. The molecule has 2 rings (SSSR count). The fourth-order valence-corrected chi connectivity index (χ4v) is 3.34. The van der Waals surface area contributed by atoms with E-state index in [1.54, 1.807) is 0 Å². The smallest absolute Gasteiger partial charge is 0.315 e. The molecule has 122 valence electrons. The standard InChI is InChI=1S/C19H28O3/c1-4-21-17-11-8-12-19(17,18(20)22-14-15(2)3)13-16-9-6-5-7-10-16/h5-7,9-10,15,17H,4,8,11-14H2,1-3H3. The quantitative estimate of drug-likeness (QED) is 0.714. The van der Waals surface area contributed by atoms with Crippen LogP contribution in [0.2, 0.25) is 0 Å². The molecule has 0 N–H and O–H groups in total. The zero-order chi connectivity index (χ0) is 16.0. The van der Waals surface area contributed by atoms with Crippen LogP contribution in [0.25, 0.3) is 0 Å². The molecule has 0 aliphatic heterocycles. The third-order valence-corrected chi connectivity index (χ3v) is 4.39. The minimum absolute atomic E-state index is 0.0302. The number of hydrogen-bond acceptors (Lipinski definition) is 3. The van der Waals surface area contributed by atoms with Gasteiger partial charge in [0.15, 0.2) is 0 Å². The lowest BCUT2D eigenvalue weighted by molar-refractivity contribution is -0.165. The van der Waals surface area contributed by atoms with Crippen molar-refractivity contribution in [2.45, 2.75) is 52.6 Å². The first kappa shape index (κ1) is 17.0. The van der Waals surface area contributed by atoms with Gasteiger partial charge in [0, 0.05) is 6.61 Å². The van der Waals surface area contributed by atoms with Crippen molar-refractivity contribution < 1.29 is 14.3 Å². The topological polar surface area (TPSA) is 35.5 Å². The number of hydrogen-bond donors (Lipinski definition) is 0. The molecule has 1 aliphatic carbocycles. The van der Waals surface area contributed by atoms with Crippen molar-refractivity contribution in [1.29, 1.82) is 0 Å². The highest BCUT2D eigenvalue weighted by atomic mass is 16.5. The van der Waals surface area contributed by atoms with Crippen LogP contribution < -0.4 is 0 Å². The number of carbonyl (C=O) groups is 1. The molecule has 2 atom stereocenters. The predicted molar refractivity (Wildman–Crippen MR) is 87.6 cm³/mol. The SMILES string of the molecule is CCOC1CCCC1(Cc1ccccc1)C(=O)OCC(C)C. The fraction of sp³-hybridized carbons (Fsp3) is 0.632. The molecule has 1 fully saturated rings. The predicted octanol–water partition coefficient (Wildman–Crippen LogP) is 4.00. The van der Waals surface area contributed by atoms with Crippen molar-refractivity contribution in [1.82, 2.24) is 0 Å². The fourth-order valence-electron chi connectivity index (χ4n) is 3.34. The summed E-state index contributed by atoms with van der Waals surface area (Å²) in [5.74, 6) is 0.269. The number of rotatable bonds is 7. The van der Waals surface area contributed by atoms with Gasteiger partial charge in [0.2, 0.25) is 0 Å². The van der Waals surface area contributed by atoms with Crippen LogP contribution in [0.3, 0.4) is 0 Å². The van der Waals surface area contributed by atoms with Gasteiger partial charge in [0.25, 0.3) is 0 Å². The molecule has 1 saturated carbocycles. The van der Waals surface area contributed by atoms with Gasteiger partial charge in [-0.2, -0.15) is 0 Å². The van der Waals surface area contributed by atoms with E-state index < -0.39 is 5.41 Å². The van der Waals surface area contributed by atoms with Crippen LogP contribution in [-0.4, -0.2) is 25.3 Å². The Bertz CT molecular complexity index is 469. The maximum atomic E-state index is 12.9. The lowest BCUT2D eigenvalue weighted by Crippen LogP contribution is -2.43. The second-order valence-corrected chi connectivity index (χ2v) is 6.65. The zero-order valence-corrected chi connectivity index (χ0v) is 14.0. The van der Waals surface area contributed by atoms with Gasteiger partial charge in [-0.15, -0.1) is 0 Å². The van der Waals surface area contributed by atoms with Gasteiger partial charge in [-0.05, 0) is 44.1 Å².